The second-order valence-electron chi connectivity index (χ2n) is 4.98. The van der Waals surface area contributed by atoms with Crippen molar-refractivity contribution in [2.24, 2.45) is 5.92 Å². The fourth-order valence-electron chi connectivity index (χ4n) is 1.91. The molecule has 5 heteroatoms. The predicted octanol–water partition coefficient (Wildman–Crippen LogP) is 1.30. The molecule has 1 saturated carbocycles. The van der Waals surface area contributed by atoms with E-state index in [1.807, 2.05) is 0 Å². The highest BCUT2D eigenvalue weighted by Gasteiger charge is 2.27. The lowest BCUT2D eigenvalue weighted by Gasteiger charge is -2.14. The van der Waals surface area contributed by atoms with Crippen LogP contribution in [0.1, 0.15) is 24.8 Å². The van der Waals surface area contributed by atoms with E-state index in [1.165, 1.54) is 12.1 Å². The van der Waals surface area contributed by atoms with Crippen molar-refractivity contribution in [3.63, 3.8) is 0 Å². The minimum absolute atomic E-state index is 0.133. The second kappa shape index (κ2) is 5.73. The van der Waals surface area contributed by atoms with Gasteiger partial charge in [-0.3, -0.25) is 4.79 Å². The van der Waals surface area contributed by atoms with Crippen molar-refractivity contribution in [1.82, 2.24) is 5.32 Å². The van der Waals surface area contributed by atoms with Crippen LogP contribution in [0, 0.1) is 5.92 Å². The number of rotatable bonds is 6. The highest BCUT2D eigenvalue weighted by atomic mass is 16.4. The van der Waals surface area contributed by atoms with Crippen LogP contribution in [0.5, 0.6) is 5.75 Å². The zero-order valence-corrected chi connectivity index (χ0v) is 10.5. The summed E-state index contributed by atoms with van der Waals surface area (Å²) in [6, 6.07) is 5.38. The molecular formula is C14H17NO4. The lowest BCUT2D eigenvalue weighted by atomic mass is 10.1. The highest BCUT2D eigenvalue weighted by Crippen LogP contribution is 2.32. The molecule has 0 bridgehead atoms. The number of carboxylic acid groups (broad SMARTS) is 1. The summed E-state index contributed by atoms with van der Waals surface area (Å²) >= 11 is 0. The summed E-state index contributed by atoms with van der Waals surface area (Å²) in [4.78, 5) is 22.8. The molecule has 0 aromatic heterocycles. The van der Waals surface area contributed by atoms with Crippen molar-refractivity contribution in [1.29, 1.82) is 0 Å². The van der Waals surface area contributed by atoms with Gasteiger partial charge in [-0.1, -0.05) is 12.1 Å². The number of phenols is 1. The van der Waals surface area contributed by atoms with Crippen molar-refractivity contribution < 1.29 is 19.8 Å². The zero-order valence-electron chi connectivity index (χ0n) is 10.5. The van der Waals surface area contributed by atoms with Gasteiger partial charge in [-0.15, -0.1) is 0 Å². The maximum Gasteiger partial charge on any atom is 0.326 e. The average Bonchev–Trinajstić information content (AvgIpc) is 3.14. The molecule has 0 spiro atoms. The Morgan fingerprint density at radius 1 is 1.26 bits per heavy atom. The van der Waals surface area contributed by atoms with Crippen LogP contribution in [0.4, 0.5) is 0 Å². The van der Waals surface area contributed by atoms with Gasteiger partial charge in [0.05, 0.1) is 0 Å². The van der Waals surface area contributed by atoms with E-state index in [0.717, 1.165) is 18.4 Å². The largest absolute Gasteiger partial charge is 0.508 e. The third-order valence-corrected chi connectivity index (χ3v) is 3.18. The lowest BCUT2D eigenvalue weighted by Crippen LogP contribution is -2.42. The summed E-state index contributed by atoms with van der Waals surface area (Å²) in [6.07, 6.45) is 2.75. The van der Waals surface area contributed by atoms with Crippen molar-refractivity contribution >= 4 is 11.9 Å². The van der Waals surface area contributed by atoms with Gasteiger partial charge in [0.1, 0.15) is 11.8 Å². The van der Waals surface area contributed by atoms with Gasteiger partial charge in [-0.2, -0.15) is 0 Å². The monoisotopic (exact) mass is 263 g/mol. The summed E-state index contributed by atoms with van der Waals surface area (Å²) in [5.74, 6) is -0.678. The third kappa shape index (κ3) is 4.28. The number of aliphatic carboxylic acids is 1. The summed E-state index contributed by atoms with van der Waals surface area (Å²) in [5, 5.41) is 20.8. The van der Waals surface area contributed by atoms with Crippen molar-refractivity contribution in [2.75, 3.05) is 0 Å². The molecule has 0 unspecified atom stereocenters. The molecule has 0 heterocycles. The number of phenolic OH excluding ortho intramolecular Hbond substituents is 1. The smallest absolute Gasteiger partial charge is 0.326 e. The fourth-order valence-corrected chi connectivity index (χ4v) is 1.91. The normalized spacial score (nSPS) is 15.8. The first-order valence-corrected chi connectivity index (χ1v) is 6.34. The van der Waals surface area contributed by atoms with E-state index in [0.29, 0.717) is 12.3 Å². The van der Waals surface area contributed by atoms with Crippen LogP contribution in [0.25, 0.3) is 0 Å². The van der Waals surface area contributed by atoms with Crippen LogP contribution in [0.3, 0.4) is 0 Å². The van der Waals surface area contributed by atoms with Gasteiger partial charge in [-0.05, 0) is 36.5 Å². The first-order chi connectivity index (χ1) is 9.04. The van der Waals surface area contributed by atoms with E-state index in [2.05, 4.69) is 5.32 Å². The van der Waals surface area contributed by atoms with Crippen LogP contribution >= 0.6 is 0 Å². The van der Waals surface area contributed by atoms with Crippen LogP contribution in [0.15, 0.2) is 24.3 Å². The maximum absolute atomic E-state index is 11.6. The van der Waals surface area contributed by atoms with Gasteiger partial charge in [0.25, 0.3) is 0 Å². The minimum atomic E-state index is -1.04. The number of nitrogens with one attached hydrogen (secondary N) is 1. The summed E-state index contributed by atoms with van der Waals surface area (Å²) in [6.45, 7) is 0. The molecule has 102 valence electrons. The number of carbonyl (C=O) groups is 2. The quantitative estimate of drug-likeness (QED) is 0.722. The van der Waals surface area contributed by atoms with E-state index in [-0.39, 0.29) is 18.1 Å². The molecule has 2 rings (SSSR count). The number of carbonyl (C=O) groups excluding carboxylic acids is 1. The standard InChI is InChI=1S/C14H17NO4/c16-11-5-3-9(4-6-11)7-12(14(18)19)15-13(17)8-10-1-2-10/h3-6,10,12,16H,1-2,7-8H2,(H,15,17)(H,18,19)/t12-/m0/s1. The molecule has 1 atom stereocenters. The first kappa shape index (κ1) is 13.4. The molecule has 1 aliphatic carbocycles. The van der Waals surface area contributed by atoms with E-state index in [1.54, 1.807) is 12.1 Å². The van der Waals surface area contributed by atoms with E-state index in [4.69, 9.17) is 10.2 Å². The van der Waals surface area contributed by atoms with E-state index in [9.17, 15) is 9.59 Å². The van der Waals surface area contributed by atoms with Gasteiger partial charge in [0, 0.05) is 12.8 Å². The molecule has 1 fully saturated rings. The molecule has 1 aromatic rings. The van der Waals surface area contributed by atoms with Crippen molar-refractivity contribution in [3.8, 4) is 5.75 Å². The topological polar surface area (TPSA) is 86.6 Å². The summed E-state index contributed by atoms with van der Waals surface area (Å²) in [7, 11) is 0. The third-order valence-electron chi connectivity index (χ3n) is 3.18. The fraction of sp³-hybridized carbons (Fsp3) is 0.429. The number of hydrogen-bond donors (Lipinski definition) is 3. The first-order valence-electron chi connectivity index (χ1n) is 6.34. The van der Waals surface area contributed by atoms with Crippen LogP contribution in [-0.2, 0) is 16.0 Å². The Bertz CT molecular complexity index is 465. The predicted molar refractivity (Wildman–Crippen MR) is 68.7 cm³/mol. The highest BCUT2D eigenvalue weighted by molar-refractivity contribution is 5.84. The van der Waals surface area contributed by atoms with Gasteiger partial charge in [-0.25, -0.2) is 4.79 Å². The molecule has 1 aromatic carbocycles. The van der Waals surface area contributed by atoms with E-state index >= 15 is 0 Å². The Labute approximate surface area is 111 Å². The molecule has 1 aliphatic rings. The van der Waals surface area contributed by atoms with Gasteiger partial charge in [0.15, 0.2) is 0 Å². The van der Waals surface area contributed by atoms with Crippen LogP contribution in [0.2, 0.25) is 0 Å². The van der Waals surface area contributed by atoms with Crippen molar-refractivity contribution in [2.45, 2.75) is 31.7 Å². The zero-order chi connectivity index (χ0) is 13.8. The Morgan fingerprint density at radius 3 is 2.42 bits per heavy atom. The minimum Gasteiger partial charge on any atom is -0.508 e. The Hall–Kier alpha value is -2.04. The van der Waals surface area contributed by atoms with Crippen molar-refractivity contribution in [3.05, 3.63) is 29.8 Å². The average molecular weight is 263 g/mol. The number of carboxylic acids is 1. The number of amides is 1. The Morgan fingerprint density at radius 2 is 1.89 bits per heavy atom. The van der Waals surface area contributed by atoms with Crippen LogP contribution < -0.4 is 5.32 Å². The molecule has 5 nitrogen and oxygen atoms in total. The molecule has 19 heavy (non-hydrogen) atoms. The summed E-state index contributed by atoms with van der Waals surface area (Å²) < 4.78 is 0. The lowest BCUT2D eigenvalue weighted by molar-refractivity contribution is -0.141. The summed E-state index contributed by atoms with van der Waals surface area (Å²) in [5.41, 5.74) is 0.761. The van der Waals surface area contributed by atoms with E-state index < -0.39 is 12.0 Å². The Kier molecular flexibility index (Phi) is 4.04. The molecule has 0 saturated heterocycles. The number of benzene rings is 1. The molecule has 1 amide bonds. The van der Waals surface area contributed by atoms with Gasteiger partial charge >= 0.3 is 5.97 Å². The van der Waals surface area contributed by atoms with Gasteiger partial charge in [0.2, 0.25) is 5.91 Å². The van der Waals surface area contributed by atoms with Crippen LogP contribution in [-0.4, -0.2) is 28.1 Å². The van der Waals surface area contributed by atoms with Gasteiger partial charge < -0.3 is 15.5 Å². The number of aromatic hydroxyl groups is 1. The molecule has 0 radical (unpaired) electrons. The second-order valence-corrected chi connectivity index (χ2v) is 4.98. The molecule has 0 aliphatic heterocycles. The SMILES string of the molecule is O=C(CC1CC1)N[C@@H](Cc1ccc(O)cc1)C(=O)O. The number of hydrogen-bond acceptors (Lipinski definition) is 3. The Balaban J connectivity index is 1.93. The molecular weight excluding hydrogens is 246 g/mol. The maximum atomic E-state index is 11.6. The molecule has 3 N–H and O–H groups in total.